The second kappa shape index (κ2) is 9.08. The second-order valence-corrected chi connectivity index (χ2v) is 8.49. The largest absolute Gasteiger partial charge is 0.460 e. The quantitative estimate of drug-likeness (QED) is 0.358. The highest BCUT2D eigenvalue weighted by Crippen LogP contribution is 2.38. The van der Waals surface area contributed by atoms with Crippen molar-refractivity contribution in [3.63, 3.8) is 0 Å². The summed E-state index contributed by atoms with van der Waals surface area (Å²) < 4.78 is 5.64. The zero-order chi connectivity index (χ0) is 21.7. The first-order valence-corrected chi connectivity index (χ1v) is 10.2. The third-order valence-electron chi connectivity index (χ3n) is 5.05. The number of aldehydes is 1. The van der Waals surface area contributed by atoms with Gasteiger partial charge in [-0.05, 0) is 55.5 Å². The third kappa shape index (κ3) is 5.04. The molecule has 0 radical (unpaired) electrons. The van der Waals surface area contributed by atoms with Crippen molar-refractivity contribution in [3.05, 3.63) is 95.1 Å². The Balaban J connectivity index is 2.17. The third-order valence-corrected chi connectivity index (χ3v) is 5.05. The Hall–Kier alpha value is -3.20. The van der Waals surface area contributed by atoms with Crippen molar-refractivity contribution >= 4 is 12.3 Å². The van der Waals surface area contributed by atoms with E-state index in [2.05, 4.69) is 18.2 Å². The summed E-state index contributed by atoms with van der Waals surface area (Å²) in [4.78, 5) is 24.7. The summed E-state index contributed by atoms with van der Waals surface area (Å²) >= 11 is 0. The van der Waals surface area contributed by atoms with E-state index >= 15 is 0 Å². The molecule has 30 heavy (non-hydrogen) atoms. The molecule has 1 unspecified atom stereocenters. The molecule has 0 amide bonds. The second-order valence-electron chi connectivity index (χ2n) is 8.49. The van der Waals surface area contributed by atoms with E-state index in [0.29, 0.717) is 5.56 Å². The highest BCUT2D eigenvalue weighted by Gasteiger charge is 2.27. The molecule has 0 bridgehead atoms. The number of carbonyl (C=O) groups excluding carboxylic acids is 2. The maximum atomic E-state index is 12.9. The van der Waals surface area contributed by atoms with Crippen molar-refractivity contribution in [2.24, 2.45) is 0 Å². The number of benzene rings is 3. The van der Waals surface area contributed by atoms with Crippen LogP contribution in [0.25, 0.3) is 11.1 Å². The Morgan fingerprint density at radius 1 is 0.933 bits per heavy atom. The van der Waals surface area contributed by atoms with Gasteiger partial charge in [-0.2, -0.15) is 0 Å². The van der Waals surface area contributed by atoms with Crippen molar-refractivity contribution in [3.8, 4) is 11.1 Å². The highest BCUT2D eigenvalue weighted by molar-refractivity contribution is 5.81. The molecule has 0 aliphatic rings. The van der Waals surface area contributed by atoms with Crippen LogP contribution in [0.4, 0.5) is 0 Å². The molecule has 0 spiro atoms. The Morgan fingerprint density at radius 3 is 2.27 bits per heavy atom. The van der Waals surface area contributed by atoms with Crippen LogP contribution in [0.2, 0.25) is 0 Å². The van der Waals surface area contributed by atoms with E-state index in [1.54, 1.807) is 0 Å². The Bertz CT molecular complexity index is 1030. The van der Waals surface area contributed by atoms with E-state index in [-0.39, 0.29) is 18.3 Å². The minimum Gasteiger partial charge on any atom is -0.460 e. The highest BCUT2D eigenvalue weighted by atomic mass is 16.6. The maximum absolute atomic E-state index is 12.9. The van der Waals surface area contributed by atoms with Crippen LogP contribution in [-0.2, 0) is 9.53 Å². The summed E-state index contributed by atoms with van der Waals surface area (Å²) in [6.07, 6.45) is 1.03. The van der Waals surface area contributed by atoms with E-state index in [1.165, 1.54) is 0 Å². The van der Waals surface area contributed by atoms with Gasteiger partial charge >= 0.3 is 5.97 Å². The molecule has 0 aliphatic heterocycles. The van der Waals surface area contributed by atoms with Crippen LogP contribution in [0.5, 0.6) is 0 Å². The molecule has 3 heteroatoms. The summed E-state index contributed by atoms with van der Waals surface area (Å²) in [5, 5.41) is 0. The first-order chi connectivity index (χ1) is 14.3. The predicted octanol–water partition coefficient (Wildman–Crippen LogP) is 6.34. The van der Waals surface area contributed by atoms with Crippen LogP contribution in [-0.4, -0.2) is 17.9 Å². The van der Waals surface area contributed by atoms with Crippen LogP contribution in [0, 0.1) is 6.92 Å². The SMILES string of the molecule is Cc1cccc(C=O)c1C(CC(=O)OC(C)(C)C)c1ccccc1-c1ccccc1. The fourth-order valence-electron chi connectivity index (χ4n) is 3.88. The number of esters is 1. The molecule has 0 N–H and O–H groups in total. The van der Waals surface area contributed by atoms with Gasteiger partial charge in [-0.15, -0.1) is 0 Å². The van der Waals surface area contributed by atoms with Gasteiger partial charge in [0.05, 0.1) is 6.42 Å². The molecule has 0 aliphatic carbocycles. The predicted molar refractivity (Wildman–Crippen MR) is 121 cm³/mol. The molecule has 1 atom stereocenters. The van der Waals surface area contributed by atoms with Gasteiger partial charge in [-0.1, -0.05) is 72.8 Å². The summed E-state index contributed by atoms with van der Waals surface area (Å²) in [5.74, 6) is -0.576. The molecule has 0 saturated carbocycles. The van der Waals surface area contributed by atoms with Crippen molar-refractivity contribution in [2.75, 3.05) is 0 Å². The Labute approximate surface area is 178 Å². The molecule has 3 nitrogen and oxygen atoms in total. The van der Waals surface area contributed by atoms with Crippen molar-refractivity contribution in [1.82, 2.24) is 0 Å². The lowest BCUT2D eigenvalue weighted by Crippen LogP contribution is -2.25. The number of rotatable bonds is 6. The zero-order valence-corrected chi connectivity index (χ0v) is 18.0. The number of hydrogen-bond donors (Lipinski definition) is 0. The first-order valence-electron chi connectivity index (χ1n) is 10.2. The molecule has 0 fully saturated rings. The zero-order valence-electron chi connectivity index (χ0n) is 18.0. The van der Waals surface area contributed by atoms with Gasteiger partial charge in [0.1, 0.15) is 11.9 Å². The van der Waals surface area contributed by atoms with Gasteiger partial charge in [-0.25, -0.2) is 0 Å². The van der Waals surface area contributed by atoms with Crippen LogP contribution in [0.1, 0.15) is 60.2 Å². The van der Waals surface area contributed by atoms with Gasteiger partial charge in [0.25, 0.3) is 0 Å². The lowest BCUT2D eigenvalue weighted by atomic mass is 9.80. The normalized spacial score (nSPS) is 12.3. The maximum Gasteiger partial charge on any atom is 0.307 e. The van der Waals surface area contributed by atoms with Gasteiger partial charge in [0, 0.05) is 11.5 Å². The number of ether oxygens (including phenoxy) is 1. The fraction of sp³-hybridized carbons (Fsp3) is 0.259. The average Bonchev–Trinajstić information content (AvgIpc) is 2.71. The Morgan fingerprint density at radius 2 is 1.60 bits per heavy atom. The molecular weight excluding hydrogens is 372 g/mol. The van der Waals surface area contributed by atoms with Crippen LogP contribution < -0.4 is 0 Å². The summed E-state index contributed by atoms with van der Waals surface area (Å²) in [7, 11) is 0. The summed E-state index contributed by atoms with van der Waals surface area (Å²) in [6, 6.07) is 23.8. The molecule has 0 saturated heterocycles. The summed E-state index contributed by atoms with van der Waals surface area (Å²) in [5.41, 5.74) is 5.02. The van der Waals surface area contributed by atoms with Crippen molar-refractivity contribution in [2.45, 2.75) is 45.6 Å². The van der Waals surface area contributed by atoms with E-state index in [1.807, 2.05) is 82.3 Å². The molecule has 3 rings (SSSR count). The van der Waals surface area contributed by atoms with Crippen LogP contribution in [0.15, 0.2) is 72.8 Å². The van der Waals surface area contributed by atoms with Crippen LogP contribution in [0.3, 0.4) is 0 Å². The number of aryl methyl sites for hydroxylation is 1. The molecule has 3 aromatic carbocycles. The molecular formula is C27H28O3. The minimum atomic E-state index is -0.570. The first kappa shape index (κ1) is 21.5. The van der Waals surface area contributed by atoms with Gasteiger partial charge in [0.15, 0.2) is 0 Å². The fourth-order valence-corrected chi connectivity index (χ4v) is 3.88. The van der Waals surface area contributed by atoms with Gasteiger partial charge in [0.2, 0.25) is 0 Å². The lowest BCUT2D eigenvalue weighted by molar-refractivity contribution is -0.155. The van der Waals surface area contributed by atoms with Gasteiger partial charge < -0.3 is 4.74 Å². The van der Waals surface area contributed by atoms with E-state index < -0.39 is 5.60 Å². The monoisotopic (exact) mass is 400 g/mol. The Kier molecular flexibility index (Phi) is 6.51. The molecule has 154 valence electrons. The van der Waals surface area contributed by atoms with E-state index in [0.717, 1.165) is 34.1 Å². The van der Waals surface area contributed by atoms with E-state index in [9.17, 15) is 9.59 Å². The minimum absolute atomic E-state index is 0.160. The standard InChI is InChI=1S/C27H28O3/c1-19-11-10-14-21(18-28)26(19)24(17-25(29)30-27(2,3)4)23-16-9-8-15-22(23)20-12-6-5-7-13-20/h5-16,18,24H,17H2,1-4H3. The lowest BCUT2D eigenvalue weighted by Gasteiger charge is -2.26. The average molecular weight is 401 g/mol. The number of hydrogen-bond acceptors (Lipinski definition) is 3. The van der Waals surface area contributed by atoms with Crippen molar-refractivity contribution < 1.29 is 14.3 Å². The smallest absolute Gasteiger partial charge is 0.307 e. The van der Waals surface area contributed by atoms with E-state index in [4.69, 9.17) is 4.74 Å². The molecule has 0 aromatic heterocycles. The molecule has 3 aromatic rings. The summed E-state index contributed by atoms with van der Waals surface area (Å²) in [6.45, 7) is 7.57. The van der Waals surface area contributed by atoms with Crippen LogP contribution >= 0.6 is 0 Å². The molecule has 0 heterocycles. The van der Waals surface area contributed by atoms with Gasteiger partial charge in [-0.3, -0.25) is 9.59 Å². The number of carbonyl (C=O) groups is 2. The van der Waals surface area contributed by atoms with Crippen molar-refractivity contribution in [1.29, 1.82) is 0 Å². The topological polar surface area (TPSA) is 43.4 Å².